The summed E-state index contributed by atoms with van der Waals surface area (Å²) in [6.45, 7) is 4.59. The minimum atomic E-state index is -0.0143. The summed E-state index contributed by atoms with van der Waals surface area (Å²) in [5.41, 5.74) is 5.61. The van der Waals surface area contributed by atoms with Gasteiger partial charge in [0, 0.05) is 16.6 Å². The van der Waals surface area contributed by atoms with Gasteiger partial charge in [0.1, 0.15) is 11.9 Å². The molecule has 0 radical (unpaired) electrons. The maximum Gasteiger partial charge on any atom is 0.122 e. The van der Waals surface area contributed by atoms with Gasteiger partial charge in [-0.3, -0.25) is 0 Å². The van der Waals surface area contributed by atoms with Gasteiger partial charge in [-0.2, -0.15) is 0 Å². The average Bonchev–Trinajstić information content (AvgIpc) is 2.12. The Morgan fingerprint density at radius 2 is 1.73 bits per heavy atom. The molecule has 84 valence electrons. The van der Waals surface area contributed by atoms with E-state index in [0.29, 0.717) is 28.3 Å². The molecule has 0 spiro atoms. The normalized spacial score (nSPS) is 12.9. The Balaban J connectivity index is 2.79. The van der Waals surface area contributed by atoms with Crippen LogP contribution in [0.1, 0.15) is 13.8 Å². The Kier molecular flexibility index (Phi) is 4.71. The van der Waals surface area contributed by atoms with Crippen LogP contribution in [0.2, 0.25) is 10.0 Å². The van der Waals surface area contributed by atoms with Gasteiger partial charge >= 0.3 is 0 Å². The summed E-state index contributed by atoms with van der Waals surface area (Å²) in [6, 6.07) is 5.14. The number of ether oxygens (including phenoxy) is 1. The van der Waals surface area contributed by atoms with Crippen molar-refractivity contribution in [3.8, 4) is 5.75 Å². The summed E-state index contributed by atoms with van der Waals surface area (Å²) < 4.78 is 5.69. The predicted molar refractivity (Wildman–Crippen MR) is 64.8 cm³/mol. The molecule has 0 heterocycles. The summed E-state index contributed by atoms with van der Waals surface area (Å²) in [7, 11) is 0. The molecule has 0 bridgehead atoms. The second-order valence-electron chi connectivity index (χ2n) is 3.74. The van der Waals surface area contributed by atoms with Crippen molar-refractivity contribution in [1.29, 1.82) is 0 Å². The van der Waals surface area contributed by atoms with Crippen LogP contribution >= 0.6 is 23.2 Å². The van der Waals surface area contributed by atoms with Crippen molar-refractivity contribution in [1.82, 2.24) is 0 Å². The number of hydrogen-bond acceptors (Lipinski definition) is 2. The Hall–Kier alpha value is -0.440. The molecule has 1 rings (SSSR count). The molecule has 0 fully saturated rings. The molecule has 2 nitrogen and oxygen atoms in total. The standard InChI is InChI=1S/C11H15Cl2NO/c1-7(2)11(6-14)15-10-4-8(12)3-9(13)5-10/h3-5,7,11H,6,14H2,1-2H3. The van der Waals surface area contributed by atoms with Crippen LogP contribution in [0.25, 0.3) is 0 Å². The maximum absolute atomic E-state index is 5.86. The van der Waals surface area contributed by atoms with Gasteiger partial charge in [-0.15, -0.1) is 0 Å². The maximum atomic E-state index is 5.86. The van der Waals surface area contributed by atoms with E-state index in [1.54, 1.807) is 18.2 Å². The van der Waals surface area contributed by atoms with E-state index in [4.69, 9.17) is 33.7 Å². The van der Waals surface area contributed by atoms with Crippen LogP contribution in [0, 0.1) is 5.92 Å². The lowest BCUT2D eigenvalue weighted by Gasteiger charge is -2.21. The second-order valence-corrected chi connectivity index (χ2v) is 4.61. The highest BCUT2D eigenvalue weighted by molar-refractivity contribution is 6.34. The Morgan fingerprint density at radius 3 is 2.13 bits per heavy atom. The SMILES string of the molecule is CC(C)C(CN)Oc1cc(Cl)cc(Cl)c1. The third-order valence-electron chi connectivity index (χ3n) is 2.10. The van der Waals surface area contributed by atoms with Crippen LogP contribution < -0.4 is 10.5 Å². The third-order valence-corrected chi connectivity index (χ3v) is 2.54. The van der Waals surface area contributed by atoms with Crippen molar-refractivity contribution in [2.24, 2.45) is 11.7 Å². The molecule has 1 unspecified atom stereocenters. The summed E-state index contributed by atoms with van der Waals surface area (Å²) in [5, 5.41) is 1.13. The Labute approximate surface area is 100 Å². The van der Waals surface area contributed by atoms with Gasteiger partial charge in [0.25, 0.3) is 0 Å². The van der Waals surface area contributed by atoms with Crippen LogP contribution in [0.15, 0.2) is 18.2 Å². The zero-order valence-electron chi connectivity index (χ0n) is 8.84. The lowest BCUT2D eigenvalue weighted by Crippen LogP contribution is -2.31. The van der Waals surface area contributed by atoms with Crippen LogP contribution in [-0.2, 0) is 0 Å². The summed E-state index contributed by atoms with van der Waals surface area (Å²) >= 11 is 11.7. The van der Waals surface area contributed by atoms with Crippen molar-refractivity contribution < 1.29 is 4.74 Å². The van der Waals surface area contributed by atoms with Crippen LogP contribution in [-0.4, -0.2) is 12.6 Å². The fourth-order valence-corrected chi connectivity index (χ4v) is 1.73. The average molecular weight is 248 g/mol. The second kappa shape index (κ2) is 5.59. The van der Waals surface area contributed by atoms with Crippen molar-refractivity contribution >= 4 is 23.2 Å². The first kappa shape index (κ1) is 12.6. The van der Waals surface area contributed by atoms with Crippen LogP contribution in [0.5, 0.6) is 5.75 Å². The quantitative estimate of drug-likeness (QED) is 0.886. The van der Waals surface area contributed by atoms with Crippen molar-refractivity contribution in [2.75, 3.05) is 6.54 Å². The van der Waals surface area contributed by atoms with Crippen molar-refractivity contribution in [2.45, 2.75) is 20.0 Å². The molecule has 15 heavy (non-hydrogen) atoms. The molecule has 0 aliphatic rings. The number of hydrogen-bond donors (Lipinski definition) is 1. The number of halogens is 2. The van der Waals surface area contributed by atoms with E-state index in [2.05, 4.69) is 13.8 Å². The highest BCUT2D eigenvalue weighted by atomic mass is 35.5. The minimum Gasteiger partial charge on any atom is -0.489 e. The van der Waals surface area contributed by atoms with E-state index in [1.807, 2.05) is 0 Å². The first-order chi connectivity index (χ1) is 7.02. The molecule has 4 heteroatoms. The van der Waals surface area contributed by atoms with Gasteiger partial charge in [-0.05, 0) is 24.1 Å². The van der Waals surface area contributed by atoms with E-state index in [0.717, 1.165) is 0 Å². The van der Waals surface area contributed by atoms with E-state index >= 15 is 0 Å². The zero-order valence-corrected chi connectivity index (χ0v) is 10.3. The molecule has 1 aromatic rings. The predicted octanol–water partition coefficient (Wildman–Crippen LogP) is 3.36. The minimum absolute atomic E-state index is 0.0143. The van der Waals surface area contributed by atoms with Gasteiger partial charge in [0.15, 0.2) is 0 Å². The lowest BCUT2D eigenvalue weighted by atomic mass is 10.1. The van der Waals surface area contributed by atoms with Crippen LogP contribution in [0.4, 0.5) is 0 Å². The largest absolute Gasteiger partial charge is 0.489 e. The van der Waals surface area contributed by atoms with E-state index < -0.39 is 0 Å². The molecular formula is C11H15Cl2NO. The molecule has 1 aromatic carbocycles. The molecule has 2 N–H and O–H groups in total. The summed E-state index contributed by atoms with van der Waals surface area (Å²) in [5.74, 6) is 1.02. The molecular weight excluding hydrogens is 233 g/mol. The van der Waals surface area contributed by atoms with Gasteiger partial charge < -0.3 is 10.5 Å². The molecule has 0 saturated carbocycles. The van der Waals surface area contributed by atoms with Crippen molar-refractivity contribution in [3.63, 3.8) is 0 Å². The van der Waals surface area contributed by atoms with Crippen molar-refractivity contribution in [3.05, 3.63) is 28.2 Å². The first-order valence-corrected chi connectivity index (χ1v) is 5.61. The summed E-state index contributed by atoms with van der Waals surface area (Å²) in [6.07, 6.45) is -0.0143. The number of benzene rings is 1. The number of nitrogens with two attached hydrogens (primary N) is 1. The molecule has 0 amide bonds. The van der Waals surface area contributed by atoms with E-state index in [-0.39, 0.29) is 6.10 Å². The molecule has 1 atom stereocenters. The monoisotopic (exact) mass is 247 g/mol. The van der Waals surface area contributed by atoms with Gasteiger partial charge in [-0.25, -0.2) is 0 Å². The van der Waals surface area contributed by atoms with E-state index in [1.165, 1.54) is 0 Å². The highest BCUT2D eigenvalue weighted by Crippen LogP contribution is 2.25. The van der Waals surface area contributed by atoms with Crippen LogP contribution in [0.3, 0.4) is 0 Å². The molecule has 0 saturated heterocycles. The topological polar surface area (TPSA) is 35.2 Å². The smallest absolute Gasteiger partial charge is 0.122 e. The Morgan fingerprint density at radius 1 is 1.20 bits per heavy atom. The van der Waals surface area contributed by atoms with E-state index in [9.17, 15) is 0 Å². The summed E-state index contributed by atoms with van der Waals surface area (Å²) in [4.78, 5) is 0. The molecule has 0 aliphatic heterocycles. The molecule has 0 aliphatic carbocycles. The number of rotatable bonds is 4. The van der Waals surface area contributed by atoms with Gasteiger partial charge in [0.05, 0.1) is 0 Å². The third kappa shape index (κ3) is 3.90. The Bertz CT molecular complexity index is 308. The first-order valence-electron chi connectivity index (χ1n) is 4.85. The van der Waals surface area contributed by atoms with Gasteiger partial charge in [-0.1, -0.05) is 37.0 Å². The fourth-order valence-electron chi connectivity index (χ4n) is 1.23. The zero-order chi connectivity index (χ0) is 11.4. The lowest BCUT2D eigenvalue weighted by molar-refractivity contribution is 0.159. The molecule has 0 aromatic heterocycles. The van der Waals surface area contributed by atoms with Gasteiger partial charge in [0.2, 0.25) is 0 Å². The highest BCUT2D eigenvalue weighted by Gasteiger charge is 2.13. The fraction of sp³-hybridized carbons (Fsp3) is 0.455.